The number of benzene rings is 3. The Bertz CT molecular complexity index is 984. The number of carbonyl (C=O) groups excluding carboxylic acids is 1. The molecule has 0 aliphatic heterocycles. The molecule has 0 atom stereocenters. The summed E-state index contributed by atoms with van der Waals surface area (Å²) in [5, 5.41) is 5.15. The van der Waals surface area contributed by atoms with E-state index in [1.165, 1.54) is 0 Å². The first-order chi connectivity index (χ1) is 13.5. The van der Waals surface area contributed by atoms with Crippen molar-refractivity contribution in [1.29, 1.82) is 0 Å². The summed E-state index contributed by atoms with van der Waals surface area (Å²) in [4.78, 5) is 12.0. The van der Waals surface area contributed by atoms with Crippen molar-refractivity contribution in [3.63, 3.8) is 0 Å². The van der Waals surface area contributed by atoms with Crippen molar-refractivity contribution in [1.82, 2.24) is 5.43 Å². The number of carbonyl (C=O) groups is 1. The van der Waals surface area contributed by atoms with E-state index in [0.717, 1.165) is 16.7 Å². The minimum absolute atomic E-state index is 0.254. The predicted octanol–water partition coefficient (Wildman–Crippen LogP) is 5.64. The third kappa shape index (κ3) is 5.59. The summed E-state index contributed by atoms with van der Waals surface area (Å²) < 4.78 is 5.74. The number of rotatable bonds is 6. The van der Waals surface area contributed by atoms with Crippen molar-refractivity contribution in [3.05, 3.63) is 99.0 Å². The fraction of sp³-hybridized carbons (Fsp3) is 0.0909. The van der Waals surface area contributed by atoms with Crippen molar-refractivity contribution < 1.29 is 9.53 Å². The molecule has 0 aliphatic carbocycles. The second-order valence-corrected chi connectivity index (χ2v) is 7.00. The molecule has 3 aromatic carbocycles. The van der Waals surface area contributed by atoms with Gasteiger partial charge in [0.05, 0.1) is 6.21 Å². The average molecular weight is 413 g/mol. The van der Waals surface area contributed by atoms with E-state index in [4.69, 9.17) is 27.9 Å². The Balaban J connectivity index is 1.53. The van der Waals surface area contributed by atoms with Gasteiger partial charge in [0.2, 0.25) is 0 Å². The van der Waals surface area contributed by atoms with Crippen LogP contribution >= 0.6 is 23.2 Å². The predicted molar refractivity (Wildman–Crippen MR) is 113 cm³/mol. The van der Waals surface area contributed by atoms with Gasteiger partial charge in [-0.25, -0.2) is 5.43 Å². The lowest BCUT2D eigenvalue weighted by Gasteiger charge is -2.08. The van der Waals surface area contributed by atoms with Crippen molar-refractivity contribution in [3.8, 4) is 5.75 Å². The Kier molecular flexibility index (Phi) is 6.69. The van der Waals surface area contributed by atoms with Crippen LogP contribution in [0.2, 0.25) is 10.0 Å². The quantitative estimate of drug-likeness (QED) is 0.420. The maximum Gasteiger partial charge on any atom is 0.271 e. The maximum atomic E-state index is 12.0. The number of halogens is 2. The standard InChI is InChI=1S/C22H18Cl2N2O2/c1-15-2-6-17(7-3-15)22(27)26-25-13-16-4-10-20(11-5-16)28-14-18-8-9-19(23)12-21(18)24/h2-13H,14H2,1H3,(H,26,27)/b25-13-. The molecule has 6 heteroatoms. The van der Waals surface area contributed by atoms with Crippen LogP contribution in [0, 0.1) is 6.92 Å². The van der Waals surface area contributed by atoms with Gasteiger partial charge in [-0.15, -0.1) is 0 Å². The molecule has 1 N–H and O–H groups in total. The molecule has 0 radical (unpaired) electrons. The van der Waals surface area contributed by atoms with Gasteiger partial charge in [0.1, 0.15) is 12.4 Å². The van der Waals surface area contributed by atoms with Gasteiger partial charge in [-0.05, 0) is 61.0 Å². The highest BCUT2D eigenvalue weighted by Gasteiger charge is 2.04. The highest BCUT2D eigenvalue weighted by atomic mass is 35.5. The maximum absolute atomic E-state index is 12.0. The molecule has 0 unspecified atom stereocenters. The molecule has 0 aromatic heterocycles. The minimum Gasteiger partial charge on any atom is -0.489 e. The van der Waals surface area contributed by atoms with Crippen molar-refractivity contribution in [2.45, 2.75) is 13.5 Å². The molecule has 142 valence electrons. The van der Waals surface area contributed by atoms with Gasteiger partial charge < -0.3 is 4.74 Å². The summed E-state index contributed by atoms with van der Waals surface area (Å²) in [6.07, 6.45) is 1.58. The van der Waals surface area contributed by atoms with Crippen LogP contribution in [0.5, 0.6) is 5.75 Å². The molecule has 3 rings (SSSR count). The van der Waals surface area contributed by atoms with Gasteiger partial charge in [0.25, 0.3) is 5.91 Å². The van der Waals surface area contributed by atoms with Crippen LogP contribution in [0.4, 0.5) is 0 Å². The van der Waals surface area contributed by atoms with Crippen LogP contribution in [0.15, 0.2) is 71.8 Å². The molecule has 4 nitrogen and oxygen atoms in total. The molecule has 3 aromatic rings. The molecule has 0 fully saturated rings. The molecule has 0 aliphatic rings. The Labute approximate surface area is 173 Å². The first kappa shape index (κ1) is 19.9. The summed E-state index contributed by atoms with van der Waals surface area (Å²) in [5.41, 5.74) is 5.86. The van der Waals surface area contributed by atoms with E-state index in [1.54, 1.807) is 30.5 Å². The smallest absolute Gasteiger partial charge is 0.271 e. The van der Waals surface area contributed by atoms with E-state index >= 15 is 0 Å². The van der Waals surface area contributed by atoms with Gasteiger partial charge in [0.15, 0.2) is 0 Å². The third-order valence-electron chi connectivity index (χ3n) is 3.98. The fourth-order valence-electron chi connectivity index (χ4n) is 2.38. The monoisotopic (exact) mass is 412 g/mol. The molecular weight excluding hydrogens is 395 g/mol. The van der Waals surface area contributed by atoms with Crippen LogP contribution in [0.25, 0.3) is 0 Å². The molecular formula is C22H18Cl2N2O2. The third-order valence-corrected chi connectivity index (χ3v) is 4.57. The van der Waals surface area contributed by atoms with Crippen LogP contribution < -0.4 is 10.2 Å². The SMILES string of the molecule is Cc1ccc(C(=O)N/N=C\c2ccc(OCc3ccc(Cl)cc3Cl)cc2)cc1. The summed E-state index contributed by atoms with van der Waals surface area (Å²) in [6.45, 7) is 2.31. The molecule has 0 bridgehead atoms. The molecule has 0 spiro atoms. The molecule has 0 saturated heterocycles. The van der Waals surface area contributed by atoms with Gasteiger partial charge in [0, 0.05) is 21.2 Å². The fourth-order valence-corrected chi connectivity index (χ4v) is 2.85. The Morgan fingerprint density at radius 1 is 1.04 bits per heavy atom. The lowest BCUT2D eigenvalue weighted by molar-refractivity contribution is 0.0955. The minimum atomic E-state index is -0.254. The van der Waals surface area contributed by atoms with Gasteiger partial charge in [-0.3, -0.25) is 4.79 Å². The number of hydrogen-bond acceptors (Lipinski definition) is 3. The van der Waals surface area contributed by atoms with Crippen LogP contribution in [0.1, 0.15) is 27.0 Å². The van der Waals surface area contributed by atoms with E-state index in [2.05, 4.69) is 10.5 Å². The lowest BCUT2D eigenvalue weighted by atomic mass is 10.1. The van der Waals surface area contributed by atoms with E-state index in [9.17, 15) is 4.79 Å². The number of nitrogens with one attached hydrogen (secondary N) is 1. The summed E-state index contributed by atoms with van der Waals surface area (Å²) >= 11 is 12.0. The first-order valence-electron chi connectivity index (χ1n) is 8.58. The average Bonchev–Trinajstić information content (AvgIpc) is 2.69. The second-order valence-electron chi connectivity index (χ2n) is 6.16. The highest BCUT2D eigenvalue weighted by molar-refractivity contribution is 6.35. The first-order valence-corrected chi connectivity index (χ1v) is 9.34. The van der Waals surface area contributed by atoms with Gasteiger partial charge in [-0.1, -0.05) is 47.0 Å². The van der Waals surface area contributed by atoms with E-state index in [0.29, 0.717) is 28.0 Å². The summed E-state index contributed by atoms with van der Waals surface area (Å²) in [7, 11) is 0. The zero-order valence-electron chi connectivity index (χ0n) is 15.2. The van der Waals surface area contributed by atoms with Crippen molar-refractivity contribution in [2.75, 3.05) is 0 Å². The topological polar surface area (TPSA) is 50.7 Å². The largest absolute Gasteiger partial charge is 0.489 e. The second kappa shape index (κ2) is 9.40. The van der Waals surface area contributed by atoms with Crippen molar-refractivity contribution in [2.24, 2.45) is 5.10 Å². The Hall–Kier alpha value is -2.82. The zero-order valence-corrected chi connectivity index (χ0v) is 16.7. The Morgan fingerprint density at radius 3 is 2.43 bits per heavy atom. The lowest BCUT2D eigenvalue weighted by Crippen LogP contribution is -2.17. The number of hydrazone groups is 1. The number of hydrogen-bond donors (Lipinski definition) is 1. The van der Waals surface area contributed by atoms with Crippen LogP contribution in [-0.4, -0.2) is 12.1 Å². The van der Waals surface area contributed by atoms with E-state index in [-0.39, 0.29) is 5.91 Å². The molecule has 0 heterocycles. The van der Waals surface area contributed by atoms with Crippen LogP contribution in [-0.2, 0) is 6.61 Å². The number of ether oxygens (including phenoxy) is 1. The number of amides is 1. The Morgan fingerprint density at radius 2 is 1.75 bits per heavy atom. The number of aryl methyl sites for hydroxylation is 1. The van der Waals surface area contributed by atoms with Crippen molar-refractivity contribution >= 4 is 35.3 Å². The summed E-state index contributed by atoms with van der Waals surface area (Å²) in [6, 6.07) is 19.9. The highest BCUT2D eigenvalue weighted by Crippen LogP contribution is 2.22. The normalized spacial score (nSPS) is 10.8. The molecule has 28 heavy (non-hydrogen) atoms. The number of nitrogens with zero attached hydrogens (tertiary/aromatic N) is 1. The van der Waals surface area contributed by atoms with Gasteiger partial charge >= 0.3 is 0 Å². The van der Waals surface area contributed by atoms with E-state index in [1.807, 2.05) is 49.4 Å². The van der Waals surface area contributed by atoms with Crippen LogP contribution in [0.3, 0.4) is 0 Å². The molecule has 1 amide bonds. The molecule has 0 saturated carbocycles. The van der Waals surface area contributed by atoms with Gasteiger partial charge in [-0.2, -0.15) is 5.10 Å². The zero-order chi connectivity index (χ0) is 19.9. The van der Waals surface area contributed by atoms with E-state index < -0.39 is 0 Å². The summed E-state index contributed by atoms with van der Waals surface area (Å²) in [5.74, 6) is 0.447.